The summed E-state index contributed by atoms with van der Waals surface area (Å²) in [5.41, 5.74) is 5.04. The number of nitrogens with one attached hydrogen (secondary N) is 1. The topological polar surface area (TPSA) is 106 Å². The van der Waals surface area contributed by atoms with E-state index in [1.54, 1.807) is 25.1 Å². The summed E-state index contributed by atoms with van der Waals surface area (Å²) < 4.78 is 14.0. The standard InChI is InChI=1S/C14H9FN4O/c1-7-2-3-11(15)8(4-7)12-9(5-16)13(18)19-14(20)10(12)6-17/h2-4H,1H3,(H3,18,19,20). The number of aromatic amines is 1. The maximum atomic E-state index is 14.0. The lowest BCUT2D eigenvalue weighted by Crippen LogP contribution is -2.16. The van der Waals surface area contributed by atoms with Gasteiger partial charge in [-0.05, 0) is 19.1 Å². The lowest BCUT2D eigenvalue weighted by Gasteiger charge is -2.10. The van der Waals surface area contributed by atoms with Crippen molar-refractivity contribution in [1.29, 1.82) is 10.5 Å². The molecule has 2 rings (SSSR count). The Bertz CT molecular complexity index is 840. The molecule has 3 N–H and O–H groups in total. The summed E-state index contributed by atoms with van der Waals surface area (Å²) in [5.74, 6) is -0.819. The van der Waals surface area contributed by atoms with Gasteiger partial charge in [0.1, 0.15) is 34.9 Å². The van der Waals surface area contributed by atoms with Gasteiger partial charge in [0.2, 0.25) is 0 Å². The van der Waals surface area contributed by atoms with Crippen LogP contribution in [0.15, 0.2) is 23.0 Å². The molecule has 0 spiro atoms. The van der Waals surface area contributed by atoms with Crippen molar-refractivity contribution >= 4 is 5.82 Å². The van der Waals surface area contributed by atoms with E-state index >= 15 is 0 Å². The van der Waals surface area contributed by atoms with Crippen molar-refractivity contribution in [3.8, 4) is 23.3 Å². The van der Waals surface area contributed by atoms with E-state index in [0.717, 1.165) is 5.56 Å². The van der Waals surface area contributed by atoms with Crippen LogP contribution >= 0.6 is 0 Å². The van der Waals surface area contributed by atoms with Gasteiger partial charge in [-0.2, -0.15) is 10.5 Å². The molecule has 0 atom stereocenters. The number of hydrogen-bond acceptors (Lipinski definition) is 4. The molecule has 0 bridgehead atoms. The molecule has 0 saturated carbocycles. The Labute approximate surface area is 113 Å². The number of benzene rings is 1. The van der Waals surface area contributed by atoms with Gasteiger partial charge in [-0.1, -0.05) is 11.6 Å². The van der Waals surface area contributed by atoms with E-state index < -0.39 is 11.4 Å². The van der Waals surface area contributed by atoms with Gasteiger partial charge in [0.15, 0.2) is 0 Å². The quantitative estimate of drug-likeness (QED) is 0.822. The number of hydrogen-bond donors (Lipinski definition) is 2. The number of aromatic nitrogens is 1. The van der Waals surface area contributed by atoms with Crippen molar-refractivity contribution in [3.05, 3.63) is 51.1 Å². The van der Waals surface area contributed by atoms with Gasteiger partial charge in [-0.25, -0.2) is 4.39 Å². The lowest BCUT2D eigenvalue weighted by atomic mass is 9.95. The van der Waals surface area contributed by atoms with E-state index in [0.29, 0.717) is 0 Å². The van der Waals surface area contributed by atoms with Gasteiger partial charge in [-0.3, -0.25) is 4.79 Å². The molecule has 0 aliphatic rings. The molecule has 2 aromatic rings. The van der Waals surface area contributed by atoms with Crippen LogP contribution < -0.4 is 11.3 Å². The summed E-state index contributed by atoms with van der Waals surface area (Å²) >= 11 is 0. The van der Waals surface area contributed by atoms with Crippen LogP contribution in [0.25, 0.3) is 11.1 Å². The summed E-state index contributed by atoms with van der Waals surface area (Å²) in [6.45, 7) is 1.73. The number of aryl methyl sites for hydroxylation is 1. The minimum Gasteiger partial charge on any atom is -0.384 e. The number of anilines is 1. The molecule has 0 aliphatic carbocycles. The molecule has 0 saturated heterocycles. The van der Waals surface area contributed by atoms with Crippen LogP contribution in [0.5, 0.6) is 0 Å². The molecule has 0 radical (unpaired) electrons. The van der Waals surface area contributed by atoms with Gasteiger partial charge in [0.05, 0.1) is 0 Å². The number of nitrogen functional groups attached to an aromatic ring is 1. The van der Waals surface area contributed by atoms with E-state index in [4.69, 9.17) is 16.3 Å². The summed E-state index contributed by atoms with van der Waals surface area (Å²) in [6, 6.07) is 7.72. The predicted molar refractivity (Wildman–Crippen MR) is 71.0 cm³/mol. The van der Waals surface area contributed by atoms with Crippen LogP contribution in [-0.4, -0.2) is 4.98 Å². The molecule has 98 valence electrons. The second-order valence-electron chi connectivity index (χ2n) is 4.20. The molecule has 0 amide bonds. The van der Waals surface area contributed by atoms with E-state index in [1.807, 2.05) is 0 Å². The summed E-state index contributed by atoms with van der Waals surface area (Å²) in [7, 11) is 0. The SMILES string of the molecule is Cc1ccc(F)c(-c2c(C#N)c(N)[nH]c(=O)c2C#N)c1. The molecule has 5 nitrogen and oxygen atoms in total. The number of nitrogens with two attached hydrogens (primary N) is 1. The van der Waals surface area contributed by atoms with Crippen LogP contribution in [0, 0.1) is 35.4 Å². The summed E-state index contributed by atoms with van der Waals surface area (Å²) in [6.07, 6.45) is 0. The molecule has 0 fully saturated rings. The van der Waals surface area contributed by atoms with Crippen molar-refractivity contribution < 1.29 is 4.39 Å². The maximum Gasteiger partial charge on any atom is 0.268 e. The molecule has 0 aliphatic heterocycles. The third-order valence-corrected chi connectivity index (χ3v) is 2.86. The van der Waals surface area contributed by atoms with Gasteiger partial charge in [0, 0.05) is 11.1 Å². The first-order valence-corrected chi connectivity index (χ1v) is 5.62. The maximum absolute atomic E-state index is 14.0. The third-order valence-electron chi connectivity index (χ3n) is 2.86. The first-order chi connectivity index (χ1) is 9.49. The molecule has 0 unspecified atom stereocenters. The normalized spacial score (nSPS) is 9.80. The Morgan fingerprint density at radius 1 is 1.25 bits per heavy atom. The van der Waals surface area contributed by atoms with Crippen molar-refractivity contribution in [2.75, 3.05) is 5.73 Å². The van der Waals surface area contributed by atoms with Crippen molar-refractivity contribution in [2.45, 2.75) is 6.92 Å². The number of nitriles is 2. The summed E-state index contributed by atoms with van der Waals surface area (Å²) in [5, 5.41) is 18.2. The molecule has 1 aromatic carbocycles. The molecule has 1 aromatic heterocycles. The zero-order chi connectivity index (χ0) is 14.9. The number of rotatable bonds is 1. The number of nitrogens with zero attached hydrogens (tertiary/aromatic N) is 2. The van der Waals surface area contributed by atoms with Crippen molar-refractivity contribution in [3.63, 3.8) is 0 Å². The fourth-order valence-electron chi connectivity index (χ4n) is 1.94. The third kappa shape index (κ3) is 2.00. The highest BCUT2D eigenvalue weighted by atomic mass is 19.1. The predicted octanol–water partition coefficient (Wildman–Crippen LogP) is 1.81. The van der Waals surface area contributed by atoms with Crippen LogP contribution in [-0.2, 0) is 0 Å². The monoisotopic (exact) mass is 268 g/mol. The smallest absolute Gasteiger partial charge is 0.268 e. The fourth-order valence-corrected chi connectivity index (χ4v) is 1.94. The Morgan fingerprint density at radius 3 is 2.50 bits per heavy atom. The van der Waals surface area contributed by atoms with Crippen LogP contribution in [0.2, 0.25) is 0 Å². The minimum absolute atomic E-state index is 0.0101. The van der Waals surface area contributed by atoms with Crippen LogP contribution in [0.3, 0.4) is 0 Å². The highest BCUT2D eigenvalue weighted by Crippen LogP contribution is 2.30. The first kappa shape index (κ1) is 13.3. The molecule has 6 heteroatoms. The van der Waals surface area contributed by atoms with Gasteiger partial charge >= 0.3 is 0 Å². The first-order valence-electron chi connectivity index (χ1n) is 5.62. The van der Waals surface area contributed by atoms with Gasteiger partial charge < -0.3 is 10.7 Å². The van der Waals surface area contributed by atoms with E-state index in [9.17, 15) is 9.18 Å². The zero-order valence-corrected chi connectivity index (χ0v) is 10.5. The van der Waals surface area contributed by atoms with Gasteiger partial charge in [-0.15, -0.1) is 0 Å². The molecule has 1 heterocycles. The van der Waals surface area contributed by atoms with Crippen molar-refractivity contribution in [2.24, 2.45) is 0 Å². The van der Waals surface area contributed by atoms with Crippen LogP contribution in [0.1, 0.15) is 16.7 Å². The minimum atomic E-state index is -0.750. The van der Waals surface area contributed by atoms with Gasteiger partial charge in [0.25, 0.3) is 5.56 Å². The summed E-state index contributed by atoms with van der Waals surface area (Å²) in [4.78, 5) is 13.9. The average Bonchev–Trinajstić information content (AvgIpc) is 2.41. The van der Waals surface area contributed by atoms with E-state index in [-0.39, 0.29) is 28.1 Å². The number of halogens is 1. The van der Waals surface area contributed by atoms with E-state index in [2.05, 4.69) is 4.98 Å². The second-order valence-corrected chi connectivity index (χ2v) is 4.20. The lowest BCUT2D eigenvalue weighted by molar-refractivity contribution is 0.631. The zero-order valence-electron chi connectivity index (χ0n) is 10.5. The Kier molecular flexibility index (Phi) is 3.24. The highest BCUT2D eigenvalue weighted by Gasteiger charge is 2.20. The molecule has 20 heavy (non-hydrogen) atoms. The second kappa shape index (κ2) is 4.87. The Balaban J connectivity index is 3.00. The Hall–Kier alpha value is -3.12. The average molecular weight is 268 g/mol. The number of H-pyrrole nitrogens is 1. The van der Waals surface area contributed by atoms with E-state index in [1.165, 1.54) is 12.1 Å². The highest BCUT2D eigenvalue weighted by molar-refractivity contribution is 5.80. The molecular weight excluding hydrogens is 259 g/mol. The number of pyridine rings is 1. The van der Waals surface area contributed by atoms with Crippen LogP contribution in [0.4, 0.5) is 10.2 Å². The Morgan fingerprint density at radius 2 is 1.90 bits per heavy atom. The largest absolute Gasteiger partial charge is 0.384 e. The fraction of sp³-hybridized carbons (Fsp3) is 0.0714. The van der Waals surface area contributed by atoms with Crippen molar-refractivity contribution in [1.82, 2.24) is 4.98 Å². The molecular formula is C14H9FN4O.